The summed E-state index contributed by atoms with van der Waals surface area (Å²) < 4.78 is 8.66. The Labute approximate surface area is 167 Å². The summed E-state index contributed by atoms with van der Waals surface area (Å²) in [6.45, 7) is 7.95. The summed E-state index contributed by atoms with van der Waals surface area (Å²) in [4.78, 5) is 3.89. The first-order chi connectivity index (χ1) is 14.4. The van der Waals surface area contributed by atoms with Gasteiger partial charge in [-0.05, 0) is 46.0 Å². The molecule has 29 heavy (non-hydrogen) atoms. The van der Waals surface area contributed by atoms with Crippen molar-refractivity contribution in [2.75, 3.05) is 0 Å². The van der Waals surface area contributed by atoms with Gasteiger partial charge in [-0.3, -0.25) is 0 Å². The van der Waals surface area contributed by atoms with Crippen LogP contribution in [0, 0.1) is 6.57 Å². The van der Waals surface area contributed by atoms with E-state index in [1.165, 1.54) is 22.1 Å². The van der Waals surface area contributed by atoms with Gasteiger partial charge in [-0.15, -0.1) is 0 Å². The molecule has 132 valence electrons. The van der Waals surface area contributed by atoms with Crippen LogP contribution in [0.15, 0.2) is 78.9 Å². The molecule has 0 radical (unpaired) electrons. The molecule has 0 atom stereocenters. The van der Waals surface area contributed by atoms with E-state index in [0.717, 1.165) is 33.3 Å². The second-order valence-corrected chi connectivity index (χ2v) is 7.63. The first-order valence-corrected chi connectivity index (χ1v) is 9.70. The number of hydrogen-bond donors (Lipinski definition) is 0. The zero-order chi connectivity index (χ0) is 19.1. The van der Waals surface area contributed by atoms with Crippen LogP contribution < -0.4 is 21.1 Å². The lowest BCUT2D eigenvalue weighted by Crippen LogP contribution is -2.58. The number of rotatable bonds is 0. The standard InChI is InChI=1S/C25H13BN2O/c1-27-18-14-22-24-25-23(18)15-8-2-5-11-19(15)28(25)20-12-6-3-9-16(20)26(24)17-10-4-7-13-21(17)29-22/h2-14H. The molecular weight excluding hydrogens is 355 g/mol. The predicted molar refractivity (Wildman–Crippen MR) is 118 cm³/mol. The van der Waals surface area contributed by atoms with E-state index in [1.807, 2.05) is 24.3 Å². The Bertz CT molecular complexity index is 1560. The largest absolute Gasteiger partial charge is 0.460 e. The van der Waals surface area contributed by atoms with Crippen LogP contribution >= 0.6 is 0 Å². The van der Waals surface area contributed by atoms with Crippen LogP contribution in [0.2, 0.25) is 0 Å². The molecule has 4 aromatic carbocycles. The Morgan fingerprint density at radius 3 is 2.48 bits per heavy atom. The minimum absolute atomic E-state index is 0.102. The van der Waals surface area contributed by atoms with Gasteiger partial charge in [0.15, 0.2) is 0 Å². The fraction of sp³-hybridized carbons (Fsp3) is 0. The van der Waals surface area contributed by atoms with Crippen LogP contribution in [0.4, 0.5) is 5.69 Å². The highest BCUT2D eigenvalue weighted by Gasteiger charge is 2.40. The maximum absolute atomic E-state index is 7.85. The van der Waals surface area contributed by atoms with Crippen molar-refractivity contribution in [3.8, 4) is 17.2 Å². The van der Waals surface area contributed by atoms with Gasteiger partial charge in [0.2, 0.25) is 5.69 Å². The third kappa shape index (κ3) is 1.69. The highest BCUT2D eigenvalue weighted by Crippen LogP contribution is 2.43. The van der Waals surface area contributed by atoms with E-state index in [1.54, 1.807) is 0 Å². The minimum atomic E-state index is 0.102. The molecule has 0 N–H and O–H groups in total. The average molecular weight is 368 g/mol. The van der Waals surface area contributed by atoms with E-state index < -0.39 is 0 Å². The van der Waals surface area contributed by atoms with Crippen LogP contribution in [0.25, 0.3) is 32.3 Å². The summed E-state index contributed by atoms with van der Waals surface area (Å²) in [5.41, 5.74) is 7.68. The maximum Gasteiger partial charge on any atom is 0.256 e. The third-order valence-electron chi connectivity index (χ3n) is 6.27. The zero-order valence-corrected chi connectivity index (χ0v) is 15.4. The van der Waals surface area contributed by atoms with Gasteiger partial charge in [-0.1, -0.05) is 54.6 Å². The Kier molecular flexibility index (Phi) is 2.64. The second-order valence-electron chi connectivity index (χ2n) is 7.63. The SMILES string of the molecule is [C-]#[N+]c1cc2c3c4c1c1ccccc1n4-c1ccccc1B3c1ccccc1O2. The Balaban J connectivity index is 1.80. The highest BCUT2D eigenvalue weighted by atomic mass is 16.5. The number of hydrogen-bond acceptors (Lipinski definition) is 1. The van der Waals surface area contributed by atoms with E-state index >= 15 is 0 Å². The van der Waals surface area contributed by atoms with Gasteiger partial charge in [0.1, 0.15) is 11.5 Å². The molecule has 3 nitrogen and oxygen atoms in total. The van der Waals surface area contributed by atoms with Crippen molar-refractivity contribution >= 4 is 50.6 Å². The molecule has 0 amide bonds. The van der Waals surface area contributed by atoms with E-state index in [4.69, 9.17) is 11.3 Å². The van der Waals surface area contributed by atoms with E-state index in [-0.39, 0.29) is 6.71 Å². The van der Waals surface area contributed by atoms with Crippen molar-refractivity contribution in [1.29, 1.82) is 0 Å². The number of para-hydroxylation sites is 3. The van der Waals surface area contributed by atoms with Crippen LogP contribution in [-0.4, -0.2) is 11.3 Å². The van der Waals surface area contributed by atoms with Gasteiger partial charge in [-0.2, -0.15) is 0 Å². The first-order valence-electron chi connectivity index (χ1n) is 9.70. The molecule has 4 heteroatoms. The molecule has 0 saturated heterocycles. The number of fused-ring (bicyclic) bond motifs is 8. The number of nitrogens with zero attached hydrogens (tertiary/aromatic N) is 2. The Hall–Kier alpha value is -3.97. The average Bonchev–Trinajstić information content (AvgIpc) is 3.13. The molecule has 5 aromatic rings. The van der Waals surface area contributed by atoms with E-state index in [2.05, 4.69) is 64.0 Å². The molecule has 2 aliphatic heterocycles. The molecule has 0 saturated carbocycles. The summed E-state index contributed by atoms with van der Waals surface area (Å²) in [5.74, 6) is 1.67. The molecule has 3 heterocycles. The van der Waals surface area contributed by atoms with E-state index in [0.29, 0.717) is 5.69 Å². The molecule has 7 rings (SSSR count). The predicted octanol–water partition coefficient (Wildman–Crippen LogP) is 4.27. The monoisotopic (exact) mass is 368 g/mol. The highest BCUT2D eigenvalue weighted by molar-refractivity contribution is 6.99. The minimum Gasteiger partial charge on any atom is -0.460 e. The molecule has 1 aromatic heterocycles. The molecule has 0 fully saturated rings. The third-order valence-corrected chi connectivity index (χ3v) is 6.27. The summed E-state index contributed by atoms with van der Waals surface area (Å²) in [6.07, 6.45) is 0. The lowest BCUT2D eigenvalue weighted by molar-refractivity contribution is 0.488. The number of aromatic nitrogens is 1. The Morgan fingerprint density at radius 1 is 0.828 bits per heavy atom. The number of benzene rings is 4. The smallest absolute Gasteiger partial charge is 0.256 e. The maximum atomic E-state index is 7.85. The van der Waals surface area contributed by atoms with Crippen molar-refractivity contribution in [2.24, 2.45) is 0 Å². The topological polar surface area (TPSA) is 18.5 Å². The lowest BCUT2D eigenvalue weighted by Gasteiger charge is -2.33. The molecule has 0 unspecified atom stereocenters. The van der Waals surface area contributed by atoms with Crippen molar-refractivity contribution in [1.82, 2.24) is 4.57 Å². The van der Waals surface area contributed by atoms with Crippen LogP contribution in [0.3, 0.4) is 0 Å². The van der Waals surface area contributed by atoms with Crippen molar-refractivity contribution in [3.63, 3.8) is 0 Å². The van der Waals surface area contributed by atoms with Gasteiger partial charge in [0.05, 0.1) is 12.1 Å². The number of ether oxygens (including phenoxy) is 1. The van der Waals surface area contributed by atoms with E-state index in [9.17, 15) is 0 Å². The Morgan fingerprint density at radius 2 is 1.59 bits per heavy atom. The molecule has 2 aliphatic rings. The van der Waals surface area contributed by atoms with Crippen molar-refractivity contribution in [3.05, 3.63) is 90.3 Å². The molecular formula is C25H13BN2O. The fourth-order valence-corrected chi connectivity index (χ4v) is 5.19. The quantitative estimate of drug-likeness (QED) is 0.289. The fourth-order valence-electron chi connectivity index (χ4n) is 5.19. The van der Waals surface area contributed by atoms with Crippen LogP contribution in [-0.2, 0) is 0 Å². The first kappa shape index (κ1) is 15.0. The summed E-state index contributed by atoms with van der Waals surface area (Å²) >= 11 is 0. The summed E-state index contributed by atoms with van der Waals surface area (Å²) in [6, 6.07) is 27.2. The zero-order valence-electron chi connectivity index (χ0n) is 15.4. The van der Waals surface area contributed by atoms with Gasteiger partial charge < -0.3 is 9.30 Å². The second kappa shape index (κ2) is 5.09. The van der Waals surface area contributed by atoms with Gasteiger partial charge in [0.25, 0.3) is 6.71 Å². The molecule has 0 bridgehead atoms. The van der Waals surface area contributed by atoms with Crippen molar-refractivity contribution in [2.45, 2.75) is 0 Å². The summed E-state index contributed by atoms with van der Waals surface area (Å²) in [5, 5.41) is 2.14. The summed E-state index contributed by atoms with van der Waals surface area (Å²) in [7, 11) is 0. The van der Waals surface area contributed by atoms with Gasteiger partial charge >= 0.3 is 0 Å². The molecule has 0 spiro atoms. The van der Waals surface area contributed by atoms with Crippen LogP contribution in [0.1, 0.15) is 0 Å². The van der Waals surface area contributed by atoms with Gasteiger partial charge in [0, 0.05) is 16.6 Å². The molecule has 0 aliphatic carbocycles. The van der Waals surface area contributed by atoms with Crippen LogP contribution in [0.5, 0.6) is 11.5 Å². The lowest BCUT2D eigenvalue weighted by atomic mass is 9.34. The van der Waals surface area contributed by atoms with Gasteiger partial charge in [-0.25, -0.2) is 4.85 Å². The normalized spacial score (nSPS) is 13.0. The van der Waals surface area contributed by atoms with Crippen molar-refractivity contribution < 1.29 is 4.74 Å².